The van der Waals surface area contributed by atoms with Crippen molar-refractivity contribution in [2.24, 2.45) is 0 Å². The van der Waals surface area contributed by atoms with Gasteiger partial charge in [-0.2, -0.15) is 5.10 Å². The summed E-state index contributed by atoms with van der Waals surface area (Å²) in [6.07, 6.45) is 6.33. The predicted molar refractivity (Wildman–Crippen MR) is 98.7 cm³/mol. The lowest BCUT2D eigenvalue weighted by Gasteiger charge is -2.37. The largest absolute Gasteiger partial charge is 0.352 e. The molecule has 3 rings (SSSR count). The van der Waals surface area contributed by atoms with E-state index in [1.54, 1.807) is 6.20 Å². The van der Waals surface area contributed by atoms with Crippen molar-refractivity contribution in [3.8, 4) is 0 Å². The van der Waals surface area contributed by atoms with Gasteiger partial charge in [0.25, 0.3) is 0 Å². The number of nitrogens with one attached hydrogen (secondary N) is 1. The molecule has 25 heavy (non-hydrogen) atoms. The van der Waals surface area contributed by atoms with Gasteiger partial charge in [0.15, 0.2) is 5.82 Å². The molecule has 2 fully saturated rings. The zero-order valence-electron chi connectivity index (χ0n) is 15.2. The Hall–Kier alpha value is -1.89. The molecule has 3 heterocycles. The highest BCUT2D eigenvalue weighted by molar-refractivity contribution is 5.74. The Morgan fingerprint density at radius 3 is 2.60 bits per heavy atom. The third-order valence-corrected chi connectivity index (χ3v) is 5.19. The van der Waals surface area contributed by atoms with Gasteiger partial charge in [-0.3, -0.25) is 0 Å². The first-order valence-electron chi connectivity index (χ1n) is 9.56. The normalized spacial score (nSPS) is 19.9. The highest BCUT2D eigenvalue weighted by Gasteiger charge is 2.25. The monoisotopic (exact) mass is 346 g/mol. The van der Waals surface area contributed by atoms with Crippen LogP contribution in [0.2, 0.25) is 0 Å². The molecule has 7 nitrogen and oxygen atoms in total. The highest BCUT2D eigenvalue weighted by atomic mass is 16.2. The van der Waals surface area contributed by atoms with Crippen LogP contribution in [0.5, 0.6) is 0 Å². The van der Waals surface area contributed by atoms with Crippen LogP contribution in [0, 0.1) is 0 Å². The van der Waals surface area contributed by atoms with Gasteiger partial charge in [0.05, 0.1) is 0 Å². The average molecular weight is 346 g/mol. The topological polar surface area (TPSA) is 64.6 Å². The minimum atomic E-state index is 0.0887. The van der Waals surface area contributed by atoms with Gasteiger partial charge >= 0.3 is 6.03 Å². The van der Waals surface area contributed by atoms with Crippen molar-refractivity contribution in [1.82, 2.24) is 25.3 Å². The summed E-state index contributed by atoms with van der Waals surface area (Å²) in [5, 5.41) is 11.3. The van der Waals surface area contributed by atoms with E-state index in [0.29, 0.717) is 6.04 Å². The van der Waals surface area contributed by atoms with E-state index >= 15 is 0 Å². The number of urea groups is 1. The second-order valence-electron chi connectivity index (χ2n) is 6.97. The van der Waals surface area contributed by atoms with Crippen LogP contribution in [0.15, 0.2) is 18.3 Å². The van der Waals surface area contributed by atoms with Gasteiger partial charge in [0.2, 0.25) is 0 Å². The van der Waals surface area contributed by atoms with E-state index in [0.717, 1.165) is 57.9 Å². The summed E-state index contributed by atoms with van der Waals surface area (Å²) in [4.78, 5) is 19.1. The standard InChI is InChI=1S/C18H30N6O/c1-2-3-9-22-10-6-16(7-11-22)20-18(25)24-14-12-23(13-15-24)17-5-4-8-19-21-17/h4-5,8,16H,2-3,6-7,9-15H2,1H3,(H,20,25). The Kier molecular flexibility index (Phi) is 6.44. The Balaban J connectivity index is 1.39. The maximum atomic E-state index is 12.5. The first-order valence-corrected chi connectivity index (χ1v) is 9.56. The zero-order chi connectivity index (χ0) is 17.5. The molecule has 0 saturated carbocycles. The molecule has 0 atom stereocenters. The Labute approximate surface area is 150 Å². The summed E-state index contributed by atoms with van der Waals surface area (Å²) in [5.74, 6) is 0.891. The second kappa shape index (κ2) is 8.99. The molecule has 0 unspecified atom stereocenters. The Morgan fingerprint density at radius 1 is 1.20 bits per heavy atom. The predicted octanol–water partition coefficient (Wildman–Crippen LogP) is 1.57. The Morgan fingerprint density at radius 2 is 1.96 bits per heavy atom. The molecule has 2 amide bonds. The number of rotatable bonds is 5. The Bertz CT molecular complexity index is 524. The summed E-state index contributed by atoms with van der Waals surface area (Å²) < 4.78 is 0. The SMILES string of the molecule is CCCCN1CCC(NC(=O)N2CCN(c3cccnn3)CC2)CC1. The number of anilines is 1. The van der Waals surface area contributed by atoms with E-state index in [1.807, 2.05) is 17.0 Å². The summed E-state index contributed by atoms with van der Waals surface area (Å²) in [6, 6.07) is 4.28. The number of amides is 2. The van der Waals surface area contributed by atoms with Gasteiger partial charge in [-0.1, -0.05) is 13.3 Å². The van der Waals surface area contributed by atoms with Crippen LogP contribution in [0.4, 0.5) is 10.6 Å². The van der Waals surface area contributed by atoms with Crippen molar-refractivity contribution in [3.05, 3.63) is 18.3 Å². The molecule has 2 saturated heterocycles. The summed E-state index contributed by atoms with van der Waals surface area (Å²) in [6.45, 7) is 8.72. The third kappa shape index (κ3) is 5.04. The van der Waals surface area contributed by atoms with Gasteiger partial charge in [0.1, 0.15) is 0 Å². The molecule has 1 N–H and O–H groups in total. The summed E-state index contributed by atoms with van der Waals surface area (Å²) in [7, 11) is 0. The number of aromatic nitrogens is 2. The van der Waals surface area contributed by atoms with Gasteiger partial charge in [0, 0.05) is 51.5 Å². The fourth-order valence-corrected chi connectivity index (χ4v) is 3.55. The fraction of sp³-hybridized carbons (Fsp3) is 0.722. The van der Waals surface area contributed by atoms with Crippen LogP contribution in [-0.4, -0.2) is 77.9 Å². The smallest absolute Gasteiger partial charge is 0.317 e. The lowest BCUT2D eigenvalue weighted by Crippen LogP contribution is -2.55. The number of carbonyl (C=O) groups excluding carboxylic acids is 1. The maximum Gasteiger partial charge on any atom is 0.317 e. The number of carbonyl (C=O) groups is 1. The van der Waals surface area contributed by atoms with Gasteiger partial charge in [-0.15, -0.1) is 5.10 Å². The van der Waals surface area contributed by atoms with Crippen LogP contribution < -0.4 is 10.2 Å². The van der Waals surface area contributed by atoms with Crippen molar-refractivity contribution < 1.29 is 4.79 Å². The van der Waals surface area contributed by atoms with Crippen molar-refractivity contribution in [3.63, 3.8) is 0 Å². The summed E-state index contributed by atoms with van der Waals surface area (Å²) in [5.41, 5.74) is 0. The molecule has 0 aliphatic carbocycles. The molecule has 0 radical (unpaired) electrons. The zero-order valence-corrected chi connectivity index (χ0v) is 15.2. The van der Waals surface area contributed by atoms with Gasteiger partial charge < -0.3 is 20.0 Å². The number of nitrogens with zero attached hydrogens (tertiary/aromatic N) is 5. The van der Waals surface area contributed by atoms with Crippen molar-refractivity contribution in [2.75, 3.05) is 50.7 Å². The molecular formula is C18H30N6O. The third-order valence-electron chi connectivity index (χ3n) is 5.19. The van der Waals surface area contributed by atoms with Gasteiger partial charge in [-0.25, -0.2) is 4.79 Å². The van der Waals surface area contributed by atoms with E-state index in [1.165, 1.54) is 19.4 Å². The van der Waals surface area contributed by atoms with Crippen LogP contribution in [0.1, 0.15) is 32.6 Å². The molecule has 1 aromatic rings. The lowest BCUT2D eigenvalue weighted by atomic mass is 10.0. The highest BCUT2D eigenvalue weighted by Crippen LogP contribution is 2.14. The van der Waals surface area contributed by atoms with Crippen LogP contribution in [-0.2, 0) is 0 Å². The van der Waals surface area contributed by atoms with Crippen LogP contribution in [0.3, 0.4) is 0 Å². The second-order valence-corrected chi connectivity index (χ2v) is 6.97. The van der Waals surface area contributed by atoms with Gasteiger partial charge in [-0.05, 0) is 37.9 Å². The molecular weight excluding hydrogens is 316 g/mol. The average Bonchev–Trinajstić information content (AvgIpc) is 2.68. The maximum absolute atomic E-state index is 12.5. The molecule has 0 bridgehead atoms. The van der Waals surface area contributed by atoms with Crippen LogP contribution >= 0.6 is 0 Å². The first kappa shape index (κ1) is 17.9. The van der Waals surface area contributed by atoms with E-state index in [-0.39, 0.29) is 6.03 Å². The van der Waals surface area contributed by atoms with E-state index in [2.05, 4.69) is 32.2 Å². The molecule has 1 aromatic heterocycles. The molecule has 7 heteroatoms. The quantitative estimate of drug-likeness (QED) is 0.877. The molecule has 2 aliphatic rings. The number of hydrogen-bond acceptors (Lipinski definition) is 5. The van der Waals surface area contributed by atoms with E-state index in [4.69, 9.17) is 0 Å². The minimum Gasteiger partial charge on any atom is -0.352 e. The molecule has 0 spiro atoms. The molecule has 138 valence electrons. The summed E-state index contributed by atoms with van der Waals surface area (Å²) >= 11 is 0. The lowest BCUT2D eigenvalue weighted by molar-refractivity contribution is 0.169. The number of likely N-dealkylation sites (tertiary alicyclic amines) is 1. The van der Waals surface area contributed by atoms with Crippen molar-refractivity contribution in [2.45, 2.75) is 38.6 Å². The fourth-order valence-electron chi connectivity index (χ4n) is 3.55. The number of hydrogen-bond donors (Lipinski definition) is 1. The van der Waals surface area contributed by atoms with E-state index < -0.39 is 0 Å². The molecule has 0 aromatic carbocycles. The minimum absolute atomic E-state index is 0.0887. The van der Waals surface area contributed by atoms with Crippen molar-refractivity contribution >= 4 is 11.8 Å². The number of piperidine rings is 1. The molecule has 2 aliphatic heterocycles. The number of piperazine rings is 1. The van der Waals surface area contributed by atoms with E-state index in [9.17, 15) is 4.79 Å². The number of unbranched alkanes of at least 4 members (excludes halogenated alkanes) is 1. The first-order chi connectivity index (χ1) is 12.3. The van der Waals surface area contributed by atoms with Crippen LogP contribution in [0.25, 0.3) is 0 Å². The van der Waals surface area contributed by atoms with Crippen molar-refractivity contribution in [1.29, 1.82) is 0 Å².